The van der Waals surface area contributed by atoms with Gasteiger partial charge in [0.2, 0.25) is 11.1 Å². The fourth-order valence-corrected chi connectivity index (χ4v) is 0.815. The van der Waals surface area contributed by atoms with Crippen LogP contribution in [0.15, 0.2) is 11.2 Å². The van der Waals surface area contributed by atoms with E-state index < -0.39 is 11.1 Å². The van der Waals surface area contributed by atoms with Crippen LogP contribution < -0.4 is 0 Å². The van der Waals surface area contributed by atoms with E-state index in [0.29, 0.717) is 6.54 Å². The van der Waals surface area contributed by atoms with Crippen molar-refractivity contribution in [1.29, 1.82) is 0 Å². The summed E-state index contributed by atoms with van der Waals surface area (Å²) in [6, 6.07) is 0. The first-order valence-electron chi connectivity index (χ1n) is 2.75. The van der Waals surface area contributed by atoms with E-state index in [4.69, 9.17) is 4.55 Å². The van der Waals surface area contributed by atoms with Gasteiger partial charge >= 0.3 is 0 Å². The van der Waals surface area contributed by atoms with E-state index in [1.165, 1.54) is 11.0 Å². The maximum absolute atomic E-state index is 10.3. The van der Waals surface area contributed by atoms with Crippen LogP contribution in [-0.4, -0.2) is 23.8 Å². The van der Waals surface area contributed by atoms with Crippen molar-refractivity contribution in [2.24, 2.45) is 0 Å². The molecule has 5 nitrogen and oxygen atoms in total. The third kappa shape index (κ3) is 1.39. The molecule has 0 aliphatic carbocycles. The van der Waals surface area contributed by atoms with Gasteiger partial charge in [0.05, 0.1) is 12.7 Å². The highest BCUT2D eigenvalue weighted by atomic mass is 32.2. The number of rotatable bonds is 2. The zero-order valence-corrected chi connectivity index (χ0v) is 6.21. The molecule has 1 unspecified atom stereocenters. The molecule has 1 rings (SSSR count). The van der Waals surface area contributed by atoms with Gasteiger partial charge in [0.1, 0.15) is 0 Å². The Hall–Kier alpha value is -0.750. The molecule has 1 aromatic rings. The van der Waals surface area contributed by atoms with Gasteiger partial charge in [-0.05, 0) is 6.92 Å². The van der Waals surface area contributed by atoms with Gasteiger partial charge in [0.15, 0.2) is 5.03 Å². The van der Waals surface area contributed by atoms with E-state index in [-0.39, 0.29) is 5.03 Å². The molecule has 1 heterocycles. The zero-order chi connectivity index (χ0) is 7.56. The number of hydrogen-bond donors (Lipinski definition) is 1. The van der Waals surface area contributed by atoms with E-state index in [9.17, 15) is 4.21 Å². The minimum atomic E-state index is -2.00. The van der Waals surface area contributed by atoms with Crippen molar-refractivity contribution in [1.82, 2.24) is 15.0 Å². The Morgan fingerprint density at radius 2 is 2.60 bits per heavy atom. The summed E-state index contributed by atoms with van der Waals surface area (Å²) in [5.74, 6) is 0. The molecule has 0 saturated heterocycles. The van der Waals surface area contributed by atoms with E-state index in [1.54, 1.807) is 0 Å². The quantitative estimate of drug-likeness (QED) is 0.614. The predicted octanol–water partition coefficient (Wildman–Crippen LogP) is -0.121. The average Bonchev–Trinajstić information content (AvgIpc) is 2.34. The Bertz CT molecular complexity index is 246. The van der Waals surface area contributed by atoms with E-state index in [2.05, 4.69) is 10.2 Å². The SMILES string of the molecule is CCn1ncc(S(=O)O)n1. The number of aryl methyl sites for hydroxylation is 1. The summed E-state index contributed by atoms with van der Waals surface area (Å²) in [7, 11) is 0. The summed E-state index contributed by atoms with van der Waals surface area (Å²) in [5, 5.41) is 7.49. The molecule has 56 valence electrons. The van der Waals surface area contributed by atoms with Crippen LogP contribution in [0.2, 0.25) is 0 Å². The molecule has 1 atom stereocenters. The van der Waals surface area contributed by atoms with Crippen LogP contribution in [0.3, 0.4) is 0 Å². The molecule has 1 N–H and O–H groups in total. The zero-order valence-electron chi connectivity index (χ0n) is 5.39. The highest BCUT2D eigenvalue weighted by Crippen LogP contribution is 1.95. The minimum Gasteiger partial charge on any atom is -0.301 e. The van der Waals surface area contributed by atoms with Crippen LogP contribution >= 0.6 is 0 Å². The molecule has 0 amide bonds. The van der Waals surface area contributed by atoms with Crippen molar-refractivity contribution < 1.29 is 8.76 Å². The molecule has 10 heavy (non-hydrogen) atoms. The first kappa shape index (κ1) is 7.36. The van der Waals surface area contributed by atoms with Gasteiger partial charge in [-0.25, -0.2) is 4.21 Å². The minimum absolute atomic E-state index is 0.0989. The molecule has 6 heteroatoms. The fourth-order valence-electron chi connectivity index (χ4n) is 0.514. The lowest BCUT2D eigenvalue weighted by atomic mass is 10.8. The summed E-state index contributed by atoms with van der Waals surface area (Å²) in [6.07, 6.45) is 1.28. The molecular formula is C4H7N3O2S. The lowest BCUT2D eigenvalue weighted by Crippen LogP contribution is -1.99. The molecule has 0 bridgehead atoms. The topological polar surface area (TPSA) is 68.0 Å². The lowest BCUT2D eigenvalue weighted by Gasteiger charge is -1.87. The van der Waals surface area contributed by atoms with Gasteiger partial charge in [0.25, 0.3) is 0 Å². The van der Waals surface area contributed by atoms with E-state index in [1.807, 2.05) is 6.92 Å². The van der Waals surface area contributed by atoms with Crippen molar-refractivity contribution in [3.63, 3.8) is 0 Å². The van der Waals surface area contributed by atoms with Crippen LogP contribution in [0, 0.1) is 0 Å². The molecule has 0 fully saturated rings. The summed E-state index contributed by atoms with van der Waals surface area (Å²) < 4.78 is 18.8. The van der Waals surface area contributed by atoms with Crippen LogP contribution in [0.1, 0.15) is 6.92 Å². The fraction of sp³-hybridized carbons (Fsp3) is 0.500. The second-order valence-corrected chi connectivity index (χ2v) is 2.54. The second kappa shape index (κ2) is 2.89. The highest BCUT2D eigenvalue weighted by molar-refractivity contribution is 7.79. The van der Waals surface area contributed by atoms with E-state index >= 15 is 0 Å². The number of aromatic nitrogens is 3. The summed E-state index contributed by atoms with van der Waals surface area (Å²) in [6.45, 7) is 2.46. The maximum atomic E-state index is 10.3. The molecule has 0 radical (unpaired) electrons. The largest absolute Gasteiger partial charge is 0.301 e. The monoisotopic (exact) mass is 161 g/mol. The Morgan fingerprint density at radius 1 is 1.90 bits per heavy atom. The van der Waals surface area contributed by atoms with Crippen LogP contribution in [0.4, 0.5) is 0 Å². The van der Waals surface area contributed by atoms with Gasteiger partial charge in [-0.2, -0.15) is 9.90 Å². The molecule has 0 aliphatic heterocycles. The van der Waals surface area contributed by atoms with Gasteiger partial charge < -0.3 is 4.55 Å². The Kier molecular flexibility index (Phi) is 2.13. The summed E-state index contributed by atoms with van der Waals surface area (Å²) >= 11 is -2.00. The maximum Gasteiger partial charge on any atom is 0.209 e. The lowest BCUT2D eigenvalue weighted by molar-refractivity contribution is 0.538. The molecule has 0 saturated carbocycles. The molecule has 1 aromatic heterocycles. The average molecular weight is 161 g/mol. The third-order valence-electron chi connectivity index (χ3n) is 0.977. The first-order chi connectivity index (χ1) is 4.74. The Morgan fingerprint density at radius 3 is 2.90 bits per heavy atom. The van der Waals surface area contributed by atoms with Crippen LogP contribution in [0.5, 0.6) is 0 Å². The smallest absolute Gasteiger partial charge is 0.209 e. The summed E-state index contributed by atoms with van der Waals surface area (Å²) in [4.78, 5) is 1.35. The standard InChI is InChI=1S/C4H7N3O2S/c1-2-7-5-3-4(6-7)10(8)9/h3H,2H2,1H3,(H,8,9). The van der Waals surface area contributed by atoms with Gasteiger partial charge in [-0.15, -0.1) is 5.10 Å². The molecular weight excluding hydrogens is 154 g/mol. The van der Waals surface area contributed by atoms with E-state index in [0.717, 1.165) is 0 Å². The third-order valence-corrected chi connectivity index (χ3v) is 1.52. The van der Waals surface area contributed by atoms with Gasteiger partial charge in [-0.1, -0.05) is 0 Å². The first-order valence-corrected chi connectivity index (χ1v) is 3.85. The Balaban J connectivity index is 2.88. The molecule has 0 aliphatic rings. The van der Waals surface area contributed by atoms with Gasteiger partial charge in [0, 0.05) is 0 Å². The van der Waals surface area contributed by atoms with Crippen molar-refractivity contribution in [3.05, 3.63) is 6.20 Å². The second-order valence-electron chi connectivity index (χ2n) is 1.62. The van der Waals surface area contributed by atoms with Crippen molar-refractivity contribution in [3.8, 4) is 0 Å². The number of hydrogen-bond acceptors (Lipinski definition) is 3. The van der Waals surface area contributed by atoms with Crippen LogP contribution in [0.25, 0.3) is 0 Å². The van der Waals surface area contributed by atoms with Crippen LogP contribution in [-0.2, 0) is 17.6 Å². The number of nitrogens with zero attached hydrogens (tertiary/aromatic N) is 3. The van der Waals surface area contributed by atoms with Gasteiger partial charge in [-0.3, -0.25) is 0 Å². The highest BCUT2D eigenvalue weighted by Gasteiger charge is 2.03. The summed E-state index contributed by atoms with van der Waals surface area (Å²) in [5.41, 5.74) is 0. The Labute approximate surface area is 60.3 Å². The van der Waals surface area contributed by atoms with Crippen molar-refractivity contribution >= 4 is 11.1 Å². The van der Waals surface area contributed by atoms with Crippen molar-refractivity contribution in [2.75, 3.05) is 0 Å². The normalized spacial score (nSPS) is 13.4. The molecule has 0 spiro atoms. The predicted molar refractivity (Wildman–Crippen MR) is 34.7 cm³/mol. The van der Waals surface area contributed by atoms with Crippen molar-refractivity contribution in [2.45, 2.75) is 18.5 Å². The molecule has 0 aromatic carbocycles.